The molecule has 2 aromatic rings. The van der Waals surface area contributed by atoms with Gasteiger partial charge in [0.1, 0.15) is 17.3 Å². The predicted octanol–water partition coefficient (Wildman–Crippen LogP) is 1.96. The van der Waals surface area contributed by atoms with Crippen LogP contribution < -0.4 is 5.73 Å². The minimum Gasteiger partial charge on any atom is -0.508 e. The van der Waals surface area contributed by atoms with E-state index in [0.29, 0.717) is 5.56 Å². The quantitative estimate of drug-likeness (QED) is 0.480. The molecular formula is C27H25FN2O6. The molecule has 0 radical (unpaired) electrons. The van der Waals surface area contributed by atoms with Gasteiger partial charge in [0.25, 0.3) is 5.91 Å². The third kappa shape index (κ3) is 3.09. The van der Waals surface area contributed by atoms with Crippen molar-refractivity contribution in [2.45, 2.75) is 24.0 Å². The summed E-state index contributed by atoms with van der Waals surface area (Å²) in [7, 11) is 3.36. The van der Waals surface area contributed by atoms with Crippen molar-refractivity contribution in [2.24, 2.45) is 17.6 Å². The number of likely N-dealkylation sites (N-methyl/N-ethyl adjacent to an activating group) is 1. The van der Waals surface area contributed by atoms with Gasteiger partial charge in [-0.25, -0.2) is 4.39 Å². The SMILES string of the molecule is CN(C)[C@@H]1C=C(C(N)=O)C(=O)[C@@]2(O)C(O)=C3C(=O)c4c(O)ccc(F)c4[C@H](c4ccccc4)[C@H]3C[C@@H]12. The van der Waals surface area contributed by atoms with E-state index >= 15 is 4.39 Å². The van der Waals surface area contributed by atoms with Crippen molar-refractivity contribution in [1.29, 1.82) is 0 Å². The number of phenolic OH excluding ortho intramolecular Hbond substituents is 1. The Kier molecular flexibility index (Phi) is 5.38. The summed E-state index contributed by atoms with van der Waals surface area (Å²) in [6.07, 6.45) is 1.37. The lowest BCUT2D eigenvalue weighted by atomic mass is 9.56. The fourth-order valence-electron chi connectivity index (χ4n) is 6.15. The molecule has 0 bridgehead atoms. The second-order valence-corrected chi connectivity index (χ2v) is 9.78. The maximum absolute atomic E-state index is 15.3. The van der Waals surface area contributed by atoms with E-state index < -0.39 is 69.8 Å². The zero-order valence-corrected chi connectivity index (χ0v) is 19.6. The topological polar surface area (TPSA) is 141 Å². The summed E-state index contributed by atoms with van der Waals surface area (Å²) in [4.78, 5) is 40.8. The summed E-state index contributed by atoms with van der Waals surface area (Å²) in [5, 5.41) is 33.8. The number of aliphatic hydroxyl groups excluding tert-OH is 1. The Bertz CT molecular complexity index is 1380. The van der Waals surface area contributed by atoms with Gasteiger partial charge in [-0.1, -0.05) is 36.4 Å². The molecule has 36 heavy (non-hydrogen) atoms. The Hall–Kier alpha value is -3.82. The first-order valence-electron chi connectivity index (χ1n) is 11.5. The summed E-state index contributed by atoms with van der Waals surface area (Å²) in [6, 6.07) is 10.2. The van der Waals surface area contributed by atoms with Crippen LogP contribution in [0.15, 0.2) is 65.4 Å². The van der Waals surface area contributed by atoms with E-state index in [4.69, 9.17) is 5.73 Å². The predicted molar refractivity (Wildman–Crippen MR) is 127 cm³/mol. The molecule has 0 saturated heterocycles. The number of benzene rings is 2. The number of primary amides is 1. The number of allylic oxidation sites excluding steroid dienone is 1. The number of aromatic hydroxyl groups is 1. The highest BCUT2D eigenvalue weighted by molar-refractivity contribution is 6.24. The normalized spacial score (nSPS) is 29.4. The van der Waals surface area contributed by atoms with Gasteiger partial charge in [-0.05, 0) is 38.2 Å². The molecule has 0 saturated carbocycles. The Morgan fingerprint density at radius 3 is 2.39 bits per heavy atom. The van der Waals surface area contributed by atoms with Crippen molar-refractivity contribution in [3.63, 3.8) is 0 Å². The first-order valence-corrected chi connectivity index (χ1v) is 11.5. The number of carbonyl (C=O) groups is 3. The number of nitrogens with zero attached hydrogens (tertiary/aromatic N) is 1. The van der Waals surface area contributed by atoms with E-state index in [0.717, 1.165) is 12.1 Å². The highest BCUT2D eigenvalue weighted by Crippen LogP contribution is 2.56. The fourth-order valence-corrected chi connectivity index (χ4v) is 6.15. The van der Waals surface area contributed by atoms with Gasteiger partial charge >= 0.3 is 0 Å². The summed E-state index contributed by atoms with van der Waals surface area (Å²) in [6.45, 7) is 0. The van der Waals surface area contributed by atoms with E-state index in [1.807, 2.05) is 0 Å². The van der Waals surface area contributed by atoms with Gasteiger partial charge in [-0.15, -0.1) is 0 Å². The smallest absolute Gasteiger partial charge is 0.252 e. The summed E-state index contributed by atoms with van der Waals surface area (Å²) < 4.78 is 15.3. The number of rotatable bonds is 3. The Labute approximate surface area is 206 Å². The third-order valence-corrected chi connectivity index (χ3v) is 7.75. The number of amides is 1. The molecule has 186 valence electrons. The van der Waals surface area contributed by atoms with Crippen LogP contribution in [-0.2, 0) is 9.59 Å². The van der Waals surface area contributed by atoms with Crippen molar-refractivity contribution in [1.82, 2.24) is 4.90 Å². The maximum atomic E-state index is 15.3. The van der Waals surface area contributed by atoms with Gasteiger partial charge < -0.3 is 26.0 Å². The van der Waals surface area contributed by atoms with E-state index in [1.165, 1.54) is 6.08 Å². The standard InChI is InChI=1S/C27H25FN2O6/c1-30(2)17-11-14(26(29)35)24(33)27(36)15(17)10-13-19(12-6-4-3-5-7-12)21-16(28)8-9-18(31)22(21)23(32)20(13)25(27)34/h3-9,11,13,15,17,19,31,34,36H,10H2,1-2H3,(H2,29,35)/t13-,15+,17-,19-,27-/m1/s1. The molecular weight excluding hydrogens is 467 g/mol. The van der Waals surface area contributed by atoms with E-state index in [-0.39, 0.29) is 23.1 Å². The van der Waals surface area contributed by atoms with Crippen molar-refractivity contribution in [3.8, 4) is 5.75 Å². The number of ketones is 2. The number of carbonyl (C=O) groups excluding carboxylic acids is 3. The van der Waals surface area contributed by atoms with Crippen LogP contribution in [0.5, 0.6) is 5.75 Å². The van der Waals surface area contributed by atoms with E-state index in [2.05, 4.69) is 0 Å². The molecule has 5 N–H and O–H groups in total. The van der Waals surface area contributed by atoms with Crippen LogP contribution in [0.3, 0.4) is 0 Å². The van der Waals surface area contributed by atoms with Crippen LogP contribution in [0.1, 0.15) is 33.8 Å². The zero-order valence-electron chi connectivity index (χ0n) is 19.6. The largest absolute Gasteiger partial charge is 0.508 e. The monoisotopic (exact) mass is 492 g/mol. The lowest BCUT2D eigenvalue weighted by molar-refractivity contribution is -0.146. The van der Waals surface area contributed by atoms with Crippen LogP contribution >= 0.6 is 0 Å². The molecule has 3 aliphatic rings. The van der Waals surface area contributed by atoms with E-state index in [9.17, 15) is 29.7 Å². The van der Waals surface area contributed by atoms with Gasteiger partial charge in [0.05, 0.1) is 11.1 Å². The molecule has 8 nitrogen and oxygen atoms in total. The number of halogens is 1. The minimum absolute atomic E-state index is 0.00454. The molecule has 3 aliphatic carbocycles. The van der Waals surface area contributed by atoms with Gasteiger partial charge in [0.2, 0.25) is 5.78 Å². The molecule has 9 heteroatoms. The number of hydrogen-bond acceptors (Lipinski definition) is 7. The number of fused-ring (bicyclic) bond motifs is 3. The molecule has 0 aliphatic heterocycles. The fraction of sp³-hybridized carbons (Fsp3) is 0.296. The van der Waals surface area contributed by atoms with Crippen molar-refractivity contribution < 1.29 is 34.1 Å². The average Bonchev–Trinajstić information content (AvgIpc) is 2.83. The van der Waals surface area contributed by atoms with Gasteiger partial charge in [-0.2, -0.15) is 0 Å². The van der Waals surface area contributed by atoms with Gasteiger partial charge in [-0.3, -0.25) is 14.4 Å². The molecule has 2 aromatic carbocycles. The van der Waals surface area contributed by atoms with Gasteiger partial charge in [0, 0.05) is 34.9 Å². The summed E-state index contributed by atoms with van der Waals surface area (Å²) in [5.41, 5.74) is 2.34. The van der Waals surface area contributed by atoms with Crippen molar-refractivity contribution in [2.75, 3.05) is 14.1 Å². The first kappa shape index (κ1) is 23.9. The molecule has 0 heterocycles. The van der Waals surface area contributed by atoms with Crippen LogP contribution in [0.4, 0.5) is 4.39 Å². The Balaban J connectivity index is 1.83. The number of aliphatic hydroxyl groups is 2. The van der Waals surface area contributed by atoms with Crippen LogP contribution in [-0.4, -0.2) is 63.4 Å². The highest BCUT2D eigenvalue weighted by Gasteiger charge is 2.62. The number of hydrogen-bond donors (Lipinski definition) is 4. The average molecular weight is 493 g/mol. The van der Waals surface area contributed by atoms with Crippen molar-refractivity contribution in [3.05, 3.63) is 88.0 Å². The molecule has 5 atom stereocenters. The zero-order chi connectivity index (χ0) is 26.1. The van der Waals surface area contributed by atoms with Gasteiger partial charge in [0.15, 0.2) is 11.4 Å². The van der Waals surface area contributed by atoms with Crippen LogP contribution in [0, 0.1) is 17.7 Å². The number of nitrogens with two attached hydrogens (primary N) is 1. The first-order chi connectivity index (χ1) is 17.0. The number of phenols is 1. The van der Waals surface area contributed by atoms with Crippen molar-refractivity contribution >= 4 is 17.5 Å². The second-order valence-electron chi connectivity index (χ2n) is 9.78. The highest BCUT2D eigenvalue weighted by atomic mass is 19.1. The Morgan fingerprint density at radius 1 is 1.11 bits per heavy atom. The Morgan fingerprint density at radius 2 is 1.78 bits per heavy atom. The molecule has 0 fully saturated rings. The van der Waals surface area contributed by atoms with Crippen LogP contribution in [0.2, 0.25) is 0 Å². The molecule has 5 rings (SSSR count). The number of Topliss-reactive ketones (excluding diaryl/α,β-unsaturated/α-hetero) is 2. The second kappa shape index (κ2) is 8.11. The molecule has 0 spiro atoms. The van der Waals surface area contributed by atoms with E-state index in [1.54, 1.807) is 49.3 Å². The lowest BCUT2D eigenvalue weighted by Gasteiger charge is -2.51. The third-order valence-electron chi connectivity index (χ3n) is 7.75. The molecule has 0 unspecified atom stereocenters. The molecule has 1 amide bonds. The summed E-state index contributed by atoms with van der Waals surface area (Å²) >= 11 is 0. The van der Waals surface area contributed by atoms with Crippen LogP contribution in [0.25, 0.3) is 0 Å². The minimum atomic E-state index is -2.60. The maximum Gasteiger partial charge on any atom is 0.252 e. The molecule has 0 aromatic heterocycles. The summed E-state index contributed by atoms with van der Waals surface area (Å²) in [5.74, 6) is -7.72. The lowest BCUT2D eigenvalue weighted by Crippen LogP contribution is -2.62.